The van der Waals surface area contributed by atoms with Gasteiger partial charge in [0.2, 0.25) is 0 Å². The van der Waals surface area contributed by atoms with Gasteiger partial charge in [0.25, 0.3) is 5.56 Å². The Kier molecular flexibility index (Phi) is 5.21. The maximum Gasteiger partial charge on any atom is 0.257 e. The quantitative estimate of drug-likeness (QED) is 0.395. The number of rotatable bonds is 5. The molecule has 204 valence electrons. The Hall–Kier alpha value is -4.50. The second-order valence-electron chi connectivity index (χ2n) is 10.3. The van der Waals surface area contributed by atoms with Gasteiger partial charge >= 0.3 is 0 Å². The molecule has 1 aromatic heterocycles. The van der Waals surface area contributed by atoms with Gasteiger partial charge in [0.05, 0.1) is 44.1 Å². The Morgan fingerprint density at radius 3 is 2.48 bits per heavy atom. The minimum absolute atomic E-state index is 0.129. The number of hydrogen-bond acceptors (Lipinski definition) is 8. The van der Waals surface area contributed by atoms with Crippen LogP contribution < -0.4 is 24.5 Å². The minimum atomic E-state index is -1.96. The molecule has 0 bridgehead atoms. The highest BCUT2D eigenvalue weighted by Crippen LogP contribution is 2.69. The number of fused-ring (bicyclic) bond motifs is 6. The highest BCUT2D eigenvalue weighted by Gasteiger charge is 2.74. The van der Waals surface area contributed by atoms with Crippen LogP contribution in [-0.4, -0.2) is 41.1 Å². The van der Waals surface area contributed by atoms with E-state index in [1.54, 1.807) is 28.8 Å². The first-order valence-electron chi connectivity index (χ1n) is 13.1. The number of benzene rings is 3. The van der Waals surface area contributed by atoms with Gasteiger partial charge in [-0.15, -0.1) is 0 Å². The molecule has 1 aliphatic carbocycles. The third-order valence-corrected chi connectivity index (χ3v) is 8.51. The van der Waals surface area contributed by atoms with Crippen LogP contribution in [0.3, 0.4) is 0 Å². The van der Waals surface area contributed by atoms with Crippen molar-refractivity contribution in [2.75, 3.05) is 21.3 Å². The SMILES string of the molecule is COc1cc(OC)c2c(c1)O[C@@]1(c3ccc(OC)c(O)c3)C(c3ccccc3)c3c(nc4n(c3=O)CCC4)[C@@]21O. The van der Waals surface area contributed by atoms with Crippen molar-refractivity contribution < 1.29 is 29.2 Å². The van der Waals surface area contributed by atoms with Crippen LogP contribution in [-0.2, 0) is 24.2 Å². The summed E-state index contributed by atoms with van der Waals surface area (Å²) >= 11 is 0. The van der Waals surface area contributed by atoms with Crippen LogP contribution in [0.25, 0.3) is 0 Å². The maximum absolute atomic E-state index is 14.3. The van der Waals surface area contributed by atoms with Gasteiger partial charge in [-0.1, -0.05) is 36.4 Å². The minimum Gasteiger partial charge on any atom is -0.504 e. The molecule has 0 saturated carbocycles. The second kappa shape index (κ2) is 8.50. The molecule has 7 rings (SSSR count). The lowest BCUT2D eigenvalue weighted by Gasteiger charge is -2.40. The molecular formula is C31H28N2O7. The van der Waals surface area contributed by atoms with Crippen LogP contribution in [0.2, 0.25) is 0 Å². The molecule has 3 heterocycles. The van der Waals surface area contributed by atoms with Gasteiger partial charge in [-0.05, 0) is 24.1 Å². The van der Waals surface area contributed by atoms with E-state index in [0.29, 0.717) is 52.7 Å². The van der Waals surface area contributed by atoms with Crippen LogP contribution in [0.5, 0.6) is 28.7 Å². The molecule has 2 aliphatic heterocycles. The van der Waals surface area contributed by atoms with Gasteiger partial charge in [-0.25, -0.2) is 4.98 Å². The summed E-state index contributed by atoms with van der Waals surface area (Å²) in [6.07, 6.45) is 1.42. The third kappa shape index (κ3) is 2.90. The molecule has 9 nitrogen and oxygen atoms in total. The van der Waals surface area contributed by atoms with Crippen LogP contribution in [0, 0.1) is 0 Å². The number of nitrogens with zero attached hydrogens (tertiary/aromatic N) is 2. The Labute approximate surface area is 230 Å². The normalized spacial score (nSPS) is 23.6. The first-order chi connectivity index (χ1) is 19.4. The van der Waals surface area contributed by atoms with E-state index in [-0.39, 0.29) is 22.8 Å². The van der Waals surface area contributed by atoms with Crippen molar-refractivity contribution in [2.45, 2.75) is 36.5 Å². The highest BCUT2D eigenvalue weighted by molar-refractivity contribution is 5.69. The molecule has 9 heteroatoms. The van der Waals surface area contributed by atoms with Crippen molar-refractivity contribution >= 4 is 0 Å². The fourth-order valence-corrected chi connectivity index (χ4v) is 6.85. The number of hydrogen-bond donors (Lipinski definition) is 2. The first kappa shape index (κ1) is 24.5. The fraction of sp³-hybridized carbons (Fsp3) is 0.290. The predicted molar refractivity (Wildman–Crippen MR) is 145 cm³/mol. The molecule has 0 amide bonds. The number of phenolic OH excluding ortho intramolecular Hbond substituents is 1. The average molecular weight is 541 g/mol. The van der Waals surface area contributed by atoms with Gasteiger partial charge in [-0.2, -0.15) is 0 Å². The molecule has 0 radical (unpaired) electrons. The fourth-order valence-electron chi connectivity index (χ4n) is 6.85. The topological polar surface area (TPSA) is 112 Å². The van der Waals surface area contributed by atoms with Crippen LogP contribution in [0.1, 0.15) is 46.1 Å². The molecule has 4 aromatic rings. The molecular weight excluding hydrogens is 512 g/mol. The highest BCUT2D eigenvalue weighted by atomic mass is 16.5. The van der Waals surface area contributed by atoms with E-state index in [2.05, 4.69) is 0 Å². The van der Waals surface area contributed by atoms with Gasteiger partial charge in [0.1, 0.15) is 23.1 Å². The van der Waals surface area contributed by atoms with E-state index in [1.165, 1.54) is 27.4 Å². The molecule has 0 saturated heterocycles. The number of aromatic hydroxyl groups is 1. The maximum atomic E-state index is 14.3. The molecule has 0 fully saturated rings. The number of aromatic nitrogens is 2. The van der Waals surface area contributed by atoms with Crippen molar-refractivity contribution in [1.82, 2.24) is 9.55 Å². The van der Waals surface area contributed by atoms with E-state index >= 15 is 0 Å². The largest absolute Gasteiger partial charge is 0.504 e. The number of methoxy groups -OCH3 is 3. The van der Waals surface area contributed by atoms with Crippen LogP contribution in [0.15, 0.2) is 65.5 Å². The van der Waals surface area contributed by atoms with Crippen LogP contribution >= 0.6 is 0 Å². The summed E-state index contributed by atoms with van der Waals surface area (Å²) in [6, 6.07) is 17.7. The van der Waals surface area contributed by atoms with E-state index in [1.807, 2.05) is 30.3 Å². The Morgan fingerprint density at radius 1 is 1.00 bits per heavy atom. The summed E-state index contributed by atoms with van der Waals surface area (Å²) in [6.45, 7) is 0.558. The number of aliphatic hydroxyl groups is 1. The Morgan fingerprint density at radius 2 is 1.77 bits per heavy atom. The standard InChI is InChI=1S/C31H28N2O7/c1-37-19-15-22(39-3)27-23(16-19)40-31(18-11-12-21(38-2)20(34)14-18)26(17-8-5-4-6-9-17)25-28(30(27,31)36)32-24-10-7-13-33(24)29(25)35/h4-6,8-9,11-12,14-16,26,34,36H,7,10,13H2,1-3H3/t26?,30-,31-/m0/s1. The number of phenols is 1. The Balaban J connectivity index is 1.66. The van der Waals surface area contributed by atoms with Gasteiger partial charge in [-0.3, -0.25) is 9.36 Å². The van der Waals surface area contributed by atoms with Crippen molar-refractivity contribution in [1.29, 1.82) is 0 Å². The summed E-state index contributed by atoms with van der Waals surface area (Å²) in [5.74, 6) is 1.12. The summed E-state index contributed by atoms with van der Waals surface area (Å²) in [5.41, 5.74) is -1.66. The molecule has 1 unspecified atom stereocenters. The van der Waals surface area contributed by atoms with Crippen LogP contribution in [0.4, 0.5) is 0 Å². The molecule has 3 atom stereocenters. The summed E-state index contributed by atoms with van der Waals surface area (Å²) in [4.78, 5) is 19.2. The molecule has 2 N–H and O–H groups in total. The van der Waals surface area contributed by atoms with Crippen molar-refractivity contribution in [3.63, 3.8) is 0 Å². The van der Waals surface area contributed by atoms with E-state index in [0.717, 1.165) is 12.0 Å². The van der Waals surface area contributed by atoms with Gasteiger partial charge in [0, 0.05) is 30.7 Å². The number of ether oxygens (including phenoxy) is 4. The lowest BCUT2D eigenvalue weighted by molar-refractivity contribution is -0.0911. The van der Waals surface area contributed by atoms with E-state index < -0.39 is 17.1 Å². The molecule has 40 heavy (non-hydrogen) atoms. The zero-order chi connectivity index (χ0) is 27.8. The average Bonchev–Trinajstić information content (AvgIpc) is 3.61. The molecule has 0 spiro atoms. The van der Waals surface area contributed by atoms with Gasteiger partial charge < -0.3 is 29.2 Å². The monoisotopic (exact) mass is 540 g/mol. The molecule has 3 aliphatic rings. The van der Waals surface area contributed by atoms with Gasteiger partial charge in [0.15, 0.2) is 22.7 Å². The summed E-state index contributed by atoms with van der Waals surface area (Å²) in [7, 11) is 4.51. The zero-order valence-electron chi connectivity index (χ0n) is 22.3. The zero-order valence-corrected chi connectivity index (χ0v) is 22.3. The molecule has 3 aromatic carbocycles. The van der Waals surface area contributed by atoms with Crippen molar-refractivity contribution in [2.24, 2.45) is 0 Å². The second-order valence-corrected chi connectivity index (χ2v) is 10.3. The smallest absolute Gasteiger partial charge is 0.257 e. The lowest BCUT2D eigenvalue weighted by atomic mass is 9.70. The predicted octanol–water partition coefficient (Wildman–Crippen LogP) is 3.59. The summed E-state index contributed by atoms with van der Waals surface area (Å²) < 4.78 is 25.2. The van der Waals surface area contributed by atoms with E-state index in [9.17, 15) is 15.0 Å². The van der Waals surface area contributed by atoms with Crippen molar-refractivity contribution in [3.8, 4) is 28.7 Å². The van der Waals surface area contributed by atoms with Crippen molar-refractivity contribution in [3.05, 3.63) is 105 Å². The first-order valence-corrected chi connectivity index (χ1v) is 13.1. The third-order valence-electron chi connectivity index (χ3n) is 8.51. The Bertz CT molecular complexity index is 1730. The summed E-state index contributed by atoms with van der Waals surface area (Å²) in [5, 5.41) is 24.2. The van der Waals surface area contributed by atoms with E-state index in [4.69, 9.17) is 23.9 Å². The lowest BCUT2D eigenvalue weighted by Crippen LogP contribution is -2.49. The number of aryl methyl sites for hydroxylation is 1.